The Morgan fingerprint density at radius 2 is 1.39 bits per heavy atom. The van der Waals surface area contributed by atoms with Crippen molar-refractivity contribution in [1.29, 1.82) is 0 Å². The van der Waals surface area contributed by atoms with Gasteiger partial charge in [0, 0.05) is 20.1 Å². The summed E-state index contributed by atoms with van der Waals surface area (Å²) in [6, 6.07) is 22.1. The fourth-order valence-electron chi connectivity index (χ4n) is 2.86. The summed E-state index contributed by atoms with van der Waals surface area (Å²) in [4.78, 5) is 19.4. The molecular weight excluding hydrogens is 459 g/mol. The van der Waals surface area contributed by atoms with Gasteiger partial charge in [0.15, 0.2) is 0 Å². The molecule has 138 valence electrons. The lowest BCUT2D eigenvalue weighted by atomic mass is 10.1. The Morgan fingerprint density at radius 3 is 2.00 bits per heavy atom. The Bertz CT molecular complexity index is 1090. The van der Waals surface area contributed by atoms with Crippen LogP contribution in [-0.4, -0.2) is 11.7 Å². The highest BCUT2D eigenvalue weighted by Crippen LogP contribution is 2.29. The molecule has 4 rings (SSSR count). The van der Waals surface area contributed by atoms with E-state index in [0.29, 0.717) is 27.3 Å². The molecule has 0 saturated heterocycles. The molecule has 3 aromatic rings. The lowest BCUT2D eigenvalue weighted by molar-refractivity contribution is -0.113. The van der Waals surface area contributed by atoms with Crippen LogP contribution in [0.2, 0.25) is 10.0 Å². The normalized spacial score (nSPS) is 15.2. The molecule has 0 aromatic heterocycles. The number of aliphatic imine (C=N–C) groups is 1. The van der Waals surface area contributed by atoms with E-state index in [4.69, 9.17) is 23.2 Å². The second-order valence-electron chi connectivity index (χ2n) is 6.14. The van der Waals surface area contributed by atoms with Crippen molar-refractivity contribution < 1.29 is 4.79 Å². The average molecular weight is 472 g/mol. The van der Waals surface area contributed by atoms with Crippen molar-refractivity contribution in [2.45, 2.75) is 0 Å². The Labute approximate surface area is 181 Å². The highest BCUT2D eigenvalue weighted by Gasteiger charge is 2.32. The van der Waals surface area contributed by atoms with Crippen LogP contribution < -0.4 is 4.90 Å². The van der Waals surface area contributed by atoms with E-state index in [1.807, 2.05) is 36.4 Å². The van der Waals surface area contributed by atoms with Crippen molar-refractivity contribution in [2.24, 2.45) is 4.99 Å². The smallest absolute Gasteiger partial charge is 0.266 e. The summed E-state index contributed by atoms with van der Waals surface area (Å²) in [5, 5.41) is 1.25. The summed E-state index contributed by atoms with van der Waals surface area (Å²) in [5.41, 5.74) is 2.75. The summed E-state index contributed by atoms with van der Waals surface area (Å²) >= 11 is 15.4. The van der Waals surface area contributed by atoms with E-state index in [1.54, 1.807) is 47.4 Å². The van der Waals surface area contributed by atoms with E-state index < -0.39 is 0 Å². The molecule has 28 heavy (non-hydrogen) atoms. The fraction of sp³-hybridized carbons (Fsp3) is 0. The van der Waals surface area contributed by atoms with Crippen LogP contribution in [0.1, 0.15) is 11.1 Å². The second kappa shape index (κ2) is 7.92. The van der Waals surface area contributed by atoms with E-state index in [9.17, 15) is 4.79 Å². The molecule has 0 radical (unpaired) electrons. The SMILES string of the molecule is O=C1/C(=C\c2ccc(Cl)cc2)N=C(c2ccc(Br)cc2)N1c1ccc(Cl)cc1. The maximum atomic E-state index is 13.2. The van der Waals surface area contributed by atoms with E-state index >= 15 is 0 Å². The minimum absolute atomic E-state index is 0.199. The topological polar surface area (TPSA) is 32.7 Å². The zero-order valence-corrected chi connectivity index (χ0v) is 17.5. The first kappa shape index (κ1) is 18.9. The summed E-state index contributed by atoms with van der Waals surface area (Å²) in [6.45, 7) is 0. The van der Waals surface area contributed by atoms with Crippen LogP contribution in [0.15, 0.2) is 88.0 Å². The third-order valence-corrected chi connectivity index (χ3v) is 5.25. The third-order valence-electron chi connectivity index (χ3n) is 4.22. The zero-order chi connectivity index (χ0) is 19.7. The first-order valence-corrected chi connectivity index (χ1v) is 9.98. The molecule has 1 aliphatic heterocycles. The van der Waals surface area contributed by atoms with Gasteiger partial charge in [-0.05, 0) is 60.2 Å². The monoisotopic (exact) mass is 470 g/mol. The summed E-state index contributed by atoms with van der Waals surface area (Å²) in [5.74, 6) is 0.371. The maximum absolute atomic E-state index is 13.2. The first-order chi connectivity index (χ1) is 13.5. The number of carbonyl (C=O) groups excluding carboxylic acids is 1. The Kier molecular flexibility index (Phi) is 5.36. The number of rotatable bonds is 3. The number of anilines is 1. The molecule has 0 bridgehead atoms. The quantitative estimate of drug-likeness (QED) is 0.396. The standard InChI is InChI=1S/C22H13BrCl2N2O/c23-16-5-3-15(4-6-16)21-26-20(13-14-1-7-17(24)8-2-14)22(28)27(21)19-11-9-18(25)10-12-19/h1-13H/b20-13+. The Balaban J connectivity index is 1.81. The van der Waals surface area contributed by atoms with Gasteiger partial charge in [0.25, 0.3) is 5.91 Å². The van der Waals surface area contributed by atoms with Gasteiger partial charge >= 0.3 is 0 Å². The Hall–Kier alpha value is -2.40. The Morgan fingerprint density at radius 1 is 0.821 bits per heavy atom. The number of amides is 1. The number of carbonyl (C=O) groups is 1. The van der Waals surface area contributed by atoms with Crippen molar-refractivity contribution in [3.63, 3.8) is 0 Å². The highest BCUT2D eigenvalue weighted by molar-refractivity contribution is 9.10. The molecule has 0 unspecified atom stereocenters. The average Bonchev–Trinajstić information content (AvgIpc) is 3.01. The highest BCUT2D eigenvalue weighted by atomic mass is 79.9. The number of hydrogen-bond acceptors (Lipinski definition) is 2. The molecular formula is C22H13BrCl2N2O. The number of nitrogens with zero attached hydrogens (tertiary/aromatic N) is 2. The van der Waals surface area contributed by atoms with Gasteiger partial charge in [-0.15, -0.1) is 0 Å². The molecule has 0 fully saturated rings. The molecule has 0 spiro atoms. The molecule has 3 nitrogen and oxygen atoms in total. The molecule has 1 amide bonds. The maximum Gasteiger partial charge on any atom is 0.282 e. The van der Waals surface area contributed by atoms with E-state index in [2.05, 4.69) is 20.9 Å². The van der Waals surface area contributed by atoms with Gasteiger partial charge in [0.1, 0.15) is 11.5 Å². The second-order valence-corrected chi connectivity index (χ2v) is 7.93. The van der Waals surface area contributed by atoms with E-state index in [1.165, 1.54) is 0 Å². The van der Waals surface area contributed by atoms with Gasteiger partial charge in [-0.3, -0.25) is 9.69 Å². The number of hydrogen-bond donors (Lipinski definition) is 0. The molecule has 6 heteroatoms. The van der Waals surface area contributed by atoms with Crippen LogP contribution in [0.4, 0.5) is 5.69 Å². The predicted molar refractivity (Wildman–Crippen MR) is 119 cm³/mol. The molecule has 1 aliphatic rings. The number of halogens is 3. The molecule has 0 saturated carbocycles. The first-order valence-electron chi connectivity index (χ1n) is 8.43. The minimum Gasteiger partial charge on any atom is -0.266 e. The van der Waals surface area contributed by atoms with Gasteiger partial charge in [0.05, 0.1) is 5.69 Å². The van der Waals surface area contributed by atoms with Crippen molar-refractivity contribution in [1.82, 2.24) is 0 Å². The van der Waals surface area contributed by atoms with Gasteiger partial charge < -0.3 is 0 Å². The molecule has 0 N–H and O–H groups in total. The van der Waals surface area contributed by atoms with E-state index in [0.717, 1.165) is 15.6 Å². The van der Waals surface area contributed by atoms with Gasteiger partial charge in [0.2, 0.25) is 0 Å². The van der Waals surface area contributed by atoms with Crippen molar-refractivity contribution in [2.75, 3.05) is 4.90 Å². The molecule has 0 atom stereocenters. The number of amidine groups is 1. The lowest BCUT2D eigenvalue weighted by Gasteiger charge is -2.18. The van der Waals surface area contributed by atoms with Crippen LogP contribution in [0.25, 0.3) is 6.08 Å². The fourth-order valence-corrected chi connectivity index (χ4v) is 3.37. The van der Waals surface area contributed by atoms with Gasteiger partial charge in [-0.25, -0.2) is 4.99 Å². The van der Waals surface area contributed by atoms with Crippen LogP contribution >= 0.6 is 39.1 Å². The molecule has 1 heterocycles. The van der Waals surface area contributed by atoms with Crippen molar-refractivity contribution in [3.8, 4) is 0 Å². The van der Waals surface area contributed by atoms with Gasteiger partial charge in [-0.2, -0.15) is 0 Å². The molecule has 3 aromatic carbocycles. The van der Waals surface area contributed by atoms with Gasteiger partial charge in [-0.1, -0.05) is 63.4 Å². The molecule has 0 aliphatic carbocycles. The van der Waals surface area contributed by atoms with E-state index in [-0.39, 0.29) is 5.91 Å². The van der Waals surface area contributed by atoms with Crippen LogP contribution in [0.3, 0.4) is 0 Å². The summed E-state index contributed by atoms with van der Waals surface area (Å²) < 4.78 is 0.955. The zero-order valence-electron chi connectivity index (χ0n) is 14.4. The predicted octanol–water partition coefficient (Wildman–Crippen LogP) is 6.59. The van der Waals surface area contributed by atoms with Crippen LogP contribution in [0.5, 0.6) is 0 Å². The summed E-state index contributed by atoms with van der Waals surface area (Å²) in [6.07, 6.45) is 1.76. The third kappa shape index (κ3) is 3.90. The summed E-state index contributed by atoms with van der Waals surface area (Å²) in [7, 11) is 0. The minimum atomic E-state index is -0.199. The van der Waals surface area contributed by atoms with Crippen molar-refractivity contribution >= 4 is 62.6 Å². The largest absolute Gasteiger partial charge is 0.282 e. The lowest BCUT2D eigenvalue weighted by Crippen LogP contribution is -2.32. The van der Waals surface area contributed by atoms with Crippen molar-refractivity contribution in [3.05, 3.63) is 104 Å². The van der Waals surface area contributed by atoms with Crippen LogP contribution in [0, 0.1) is 0 Å². The van der Waals surface area contributed by atoms with Crippen LogP contribution in [-0.2, 0) is 4.79 Å². The number of benzene rings is 3.